The first-order valence-corrected chi connectivity index (χ1v) is 12.1. The lowest BCUT2D eigenvalue weighted by atomic mass is 9.84. The molecule has 0 bridgehead atoms. The second kappa shape index (κ2) is 7.08. The molecule has 4 heterocycles. The van der Waals surface area contributed by atoms with Crippen LogP contribution in [0.15, 0.2) is 45.6 Å². The van der Waals surface area contributed by atoms with Crippen molar-refractivity contribution in [2.75, 3.05) is 16.8 Å². The van der Waals surface area contributed by atoms with E-state index in [1.165, 1.54) is 21.1 Å². The van der Waals surface area contributed by atoms with Crippen LogP contribution in [0.25, 0.3) is 11.0 Å². The Labute approximate surface area is 204 Å². The van der Waals surface area contributed by atoms with Crippen LogP contribution in [0.5, 0.6) is 0 Å². The van der Waals surface area contributed by atoms with Gasteiger partial charge in [0.15, 0.2) is 11.0 Å². The summed E-state index contributed by atoms with van der Waals surface area (Å²) < 4.78 is 6.12. The number of para-hydroxylation sites is 1. The summed E-state index contributed by atoms with van der Waals surface area (Å²) >= 11 is 1.23. The van der Waals surface area contributed by atoms with Gasteiger partial charge in [-0.25, -0.2) is 0 Å². The van der Waals surface area contributed by atoms with Crippen molar-refractivity contribution in [3.05, 3.63) is 79.6 Å². The monoisotopic (exact) mass is 486 g/mol. The molecule has 0 N–H and O–H groups in total. The predicted octanol–water partition coefficient (Wildman–Crippen LogP) is 4.27. The van der Waals surface area contributed by atoms with Crippen molar-refractivity contribution in [2.24, 2.45) is 0 Å². The average Bonchev–Trinajstić information content (AvgIpc) is 3.47. The van der Waals surface area contributed by atoms with Gasteiger partial charge in [0, 0.05) is 24.2 Å². The third kappa shape index (κ3) is 2.58. The lowest BCUT2D eigenvalue weighted by Crippen LogP contribution is -2.53. The number of fused-ring (bicyclic) bond motifs is 5. The smallest absolute Gasteiger partial charge is 0.297 e. The highest BCUT2D eigenvalue weighted by molar-refractivity contribution is 7.15. The summed E-state index contributed by atoms with van der Waals surface area (Å²) in [6.07, 6.45) is 0. The molecule has 2 aromatic heterocycles. The predicted molar refractivity (Wildman–Crippen MR) is 133 cm³/mol. The second-order valence-electron chi connectivity index (χ2n) is 9.38. The number of hydrogen-bond acceptors (Lipinski definition) is 7. The van der Waals surface area contributed by atoms with Gasteiger partial charge < -0.3 is 9.32 Å². The van der Waals surface area contributed by atoms with Crippen molar-refractivity contribution in [3.8, 4) is 0 Å². The SMILES string of the molecule is Cc1cc2oc3c(c(=O)c2cc1C)C1(C(=O)N(C)c2ccccc21)N(c1nnc(C(C)C)s1)C3=O. The summed E-state index contributed by atoms with van der Waals surface area (Å²) in [5, 5.41) is 9.85. The van der Waals surface area contributed by atoms with E-state index in [9.17, 15) is 14.4 Å². The Kier molecular flexibility index (Phi) is 4.38. The molecule has 35 heavy (non-hydrogen) atoms. The Hall–Kier alpha value is -3.85. The van der Waals surface area contributed by atoms with Crippen LogP contribution < -0.4 is 15.2 Å². The van der Waals surface area contributed by atoms with Crippen LogP contribution in [0.1, 0.15) is 57.6 Å². The Morgan fingerprint density at radius 3 is 2.46 bits per heavy atom. The number of rotatable bonds is 2. The van der Waals surface area contributed by atoms with Gasteiger partial charge in [0.1, 0.15) is 10.6 Å². The summed E-state index contributed by atoms with van der Waals surface area (Å²) in [6, 6.07) is 10.7. The second-order valence-corrected chi connectivity index (χ2v) is 10.4. The molecule has 8 nitrogen and oxygen atoms in total. The van der Waals surface area contributed by atoms with Gasteiger partial charge in [0.25, 0.3) is 11.8 Å². The molecule has 4 aromatic rings. The highest BCUT2D eigenvalue weighted by atomic mass is 32.1. The Morgan fingerprint density at radius 1 is 1.03 bits per heavy atom. The van der Waals surface area contributed by atoms with Gasteiger partial charge in [0.2, 0.25) is 10.9 Å². The minimum atomic E-state index is -1.72. The molecular formula is C26H22N4O4S. The first kappa shape index (κ1) is 21.7. The Morgan fingerprint density at radius 2 is 1.74 bits per heavy atom. The molecular weight excluding hydrogens is 464 g/mol. The van der Waals surface area contributed by atoms with Crippen LogP contribution in [-0.2, 0) is 10.3 Å². The Balaban J connectivity index is 1.77. The topological polar surface area (TPSA) is 96.6 Å². The van der Waals surface area contributed by atoms with Crippen molar-refractivity contribution in [3.63, 3.8) is 0 Å². The first-order chi connectivity index (χ1) is 16.7. The van der Waals surface area contributed by atoms with Crippen LogP contribution in [0.4, 0.5) is 10.8 Å². The number of nitrogens with zero attached hydrogens (tertiary/aromatic N) is 4. The summed E-state index contributed by atoms with van der Waals surface area (Å²) in [4.78, 5) is 45.0. The number of anilines is 2. The normalized spacial score (nSPS) is 18.9. The van der Waals surface area contributed by atoms with Gasteiger partial charge in [-0.2, -0.15) is 0 Å². The zero-order chi connectivity index (χ0) is 24.8. The number of likely N-dealkylation sites (N-methyl/N-ethyl adjacent to an activating group) is 1. The quantitative estimate of drug-likeness (QED) is 0.420. The van der Waals surface area contributed by atoms with Crippen molar-refractivity contribution >= 4 is 44.9 Å². The third-order valence-electron chi connectivity index (χ3n) is 6.99. The summed E-state index contributed by atoms with van der Waals surface area (Å²) in [7, 11) is 1.65. The molecule has 0 aliphatic carbocycles. The van der Waals surface area contributed by atoms with E-state index in [0.717, 1.165) is 16.1 Å². The number of aromatic nitrogens is 2. The van der Waals surface area contributed by atoms with Gasteiger partial charge in [0.05, 0.1) is 10.9 Å². The van der Waals surface area contributed by atoms with E-state index < -0.39 is 22.8 Å². The fourth-order valence-corrected chi connectivity index (χ4v) is 5.97. The van der Waals surface area contributed by atoms with Gasteiger partial charge in [-0.3, -0.25) is 19.3 Å². The lowest BCUT2D eigenvalue weighted by Gasteiger charge is -2.31. The molecule has 2 aliphatic heterocycles. The number of aryl methyl sites for hydroxylation is 2. The summed E-state index contributed by atoms with van der Waals surface area (Å²) in [5.74, 6) is -1.05. The van der Waals surface area contributed by atoms with E-state index in [2.05, 4.69) is 10.2 Å². The highest BCUT2D eigenvalue weighted by Gasteiger charge is 2.66. The minimum absolute atomic E-state index is 0.0290. The van der Waals surface area contributed by atoms with Gasteiger partial charge in [-0.05, 0) is 43.2 Å². The average molecular weight is 487 g/mol. The Bertz CT molecular complexity index is 1650. The van der Waals surface area contributed by atoms with Crippen LogP contribution in [0.3, 0.4) is 0 Å². The third-order valence-corrected chi connectivity index (χ3v) is 8.19. The highest BCUT2D eigenvalue weighted by Crippen LogP contribution is 2.54. The fourth-order valence-electron chi connectivity index (χ4n) is 5.07. The number of amides is 2. The molecule has 1 spiro atoms. The number of carbonyl (C=O) groups excluding carboxylic acids is 2. The lowest BCUT2D eigenvalue weighted by molar-refractivity contribution is -0.121. The van der Waals surface area contributed by atoms with Crippen molar-refractivity contribution in [2.45, 2.75) is 39.2 Å². The van der Waals surface area contributed by atoms with Gasteiger partial charge in [-0.1, -0.05) is 43.4 Å². The molecule has 0 radical (unpaired) electrons. The van der Waals surface area contributed by atoms with Crippen LogP contribution in [0, 0.1) is 13.8 Å². The number of benzene rings is 2. The molecule has 0 saturated heterocycles. The largest absolute Gasteiger partial charge is 0.450 e. The van der Waals surface area contributed by atoms with Crippen LogP contribution >= 0.6 is 11.3 Å². The molecule has 1 unspecified atom stereocenters. The minimum Gasteiger partial charge on any atom is -0.450 e. The van der Waals surface area contributed by atoms with Crippen molar-refractivity contribution in [1.29, 1.82) is 0 Å². The van der Waals surface area contributed by atoms with Gasteiger partial charge >= 0.3 is 0 Å². The summed E-state index contributed by atoms with van der Waals surface area (Å²) in [6.45, 7) is 7.78. The molecule has 2 amide bonds. The van der Waals surface area contributed by atoms with E-state index in [1.54, 1.807) is 37.4 Å². The molecule has 1 atom stereocenters. The molecule has 2 aromatic carbocycles. The van der Waals surface area contributed by atoms with E-state index in [-0.39, 0.29) is 22.4 Å². The molecule has 6 rings (SSSR count). The maximum Gasteiger partial charge on any atom is 0.297 e. The summed E-state index contributed by atoms with van der Waals surface area (Å²) in [5.41, 5.74) is 1.24. The number of carbonyl (C=O) groups is 2. The molecule has 0 saturated carbocycles. The van der Waals surface area contributed by atoms with E-state index >= 15 is 0 Å². The van der Waals surface area contributed by atoms with E-state index in [1.807, 2.05) is 33.8 Å². The van der Waals surface area contributed by atoms with Crippen LogP contribution in [0.2, 0.25) is 0 Å². The molecule has 0 fully saturated rings. The molecule has 9 heteroatoms. The van der Waals surface area contributed by atoms with E-state index in [0.29, 0.717) is 22.2 Å². The number of hydrogen-bond donors (Lipinski definition) is 0. The fraction of sp³-hybridized carbons (Fsp3) is 0.269. The van der Waals surface area contributed by atoms with Gasteiger partial charge in [-0.15, -0.1) is 10.2 Å². The van der Waals surface area contributed by atoms with Crippen LogP contribution in [-0.4, -0.2) is 29.1 Å². The zero-order valence-electron chi connectivity index (χ0n) is 19.9. The maximum absolute atomic E-state index is 14.1. The van der Waals surface area contributed by atoms with E-state index in [4.69, 9.17) is 4.42 Å². The van der Waals surface area contributed by atoms with Crippen molar-refractivity contribution < 1.29 is 14.0 Å². The molecule has 176 valence electrons. The molecule has 2 aliphatic rings. The standard InChI is InChI=1S/C26H22N4O4S/c1-12(2)22-27-28-25(35-22)30-23(32)21-19(20(31)15-10-13(3)14(4)11-18(15)34-21)26(30)16-8-6-7-9-17(16)29(5)24(26)33/h6-12H,1-5H3. The van der Waals surface area contributed by atoms with Crippen molar-refractivity contribution in [1.82, 2.24) is 10.2 Å². The first-order valence-electron chi connectivity index (χ1n) is 11.3. The maximum atomic E-state index is 14.1. The zero-order valence-corrected chi connectivity index (χ0v) is 20.7.